The van der Waals surface area contributed by atoms with Gasteiger partial charge in [-0.15, -0.1) is 0 Å². The SMILES string of the molecule is CCC1CCC2(CC1)NN2. The molecule has 58 valence electrons. The summed E-state index contributed by atoms with van der Waals surface area (Å²) in [5, 5.41) is 0. The molecule has 1 heterocycles. The van der Waals surface area contributed by atoms with Crippen LogP contribution in [0, 0.1) is 5.92 Å². The average molecular weight is 140 g/mol. The highest BCUT2D eigenvalue weighted by atomic mass is 15.7. The van der Waals surface area contributed by atoms with E-state index in [1.165, 1.54) is 32.1 Å². The van der Waals surface area contributed by atoms with E-state index in [-0.39, 0.29) is 0 Å². The van der Waals surface area contributed by atoms with Gasteiger partial charge in [0.1, 0.15) is 0 Å². The third-order valence-corrected chi connectivity index (χ3v) is 3.01. The summed E-state index contributed by atoms with van der Waals surface area (Å²) >= 11 is 0. The number of hydrogen-bond acceptors (Lipinski definition) is 2. The fraction of sp³-hybridized carbons (Fsp3) is 1.00. The lowest BCUT2D eigenvalue weighted by Crippen LogP contribution is -2.25. The molecular formula is C8H16N2. The van der Waals surface area contributed by atoms with E-state index in [1.54, 1.807) is 0 Å². The van der Waals surface area contributed by atoms with Gasteiger partial charge in [0.25, 0.3) is 0 Å². The Morgan fingerprint density at radius 2 is 1.90 bits per heavy atom. The molecule has 0 aromatic heterocycles. The standard InChI is InChI=1S/C8H16N2/c1-2-7-3-5-8(6-4-7)9-10-8/h7,9-10H,2-6H2,1H3. The van der Waals surface area contributed by atoms with Crippen molar-refractivity contribution in [2.24, 2.45) is 5.92 Å². The molecule has 2 nitrogen and oxygen atoms in total. The predicted molar refractivity (Wildman–Crippen MR) is 41.3 cm³/mol. The summed E-state index contributed by atoms with van der Waals surface area (Å²) in [5.41, 5.74) is 6.90. The van der Waals surface area contributed by atoms with Gasteiger partial charge in [0.05, 0.1) is 5.66 Å². The second kappa shape index (κ2) is 2.21. The predicted octanol–water partition coefficient (Wildman–Crippen LogP) is 1.39. The van der Waals surface area contributed by atoms with E-state index in [4.69, 9.17) is 0 Å². The first kappa shape index (κ1) is 6.62. The Kier molecular flexibility index (Phi) is 1.46. The molecule has 1 spiro atoms. The molecule has 1 saturated heterocycles. The molecule has 1 aliphatic heterocycles. The largest absolute Gasteiger partial charge is 0.235 e. The summed E-state index contributed by atoms with van der Waals surface area (Å²) < 4.78 is 0. The molecule has 0 amide bonds. The third kappa shape index (κ3) is 1.06. The molecule has 0 aromatic rings. The van der Waals surface area contributed by atoms with E-state index in [0.717, 1.165) is 5.92 Å². The lowest BCUT2D eigenvalue weighted by molar-refractivity contribution is 0.293. The first-order valence-corrected chi connectivity index (χ1v) is 4.39. The Morgan fingerprint density at radius 3 is 2.30 bits per heavy atom. The highest BCUT2D eigenvalue weighted by Crippen LogP contribution is 2.35. The van der Waals surface area contributed by atoms with Gasteiger partial charge in [-0.3, -0.25) is 0 Å². The topological polar surface area (TPSA) is 43.9 Å². The molecule has 2 rings (SSSR count). The molecule has 0 aromatic carbocycles. The number of hydrazine groups is 1. The lowest BCUT2D eigenvalue weighted by atomic mass is 9.83. The van der Waals surface area contributed by atoms with E-state index in [0.29, 0.717) is 5.66 Å². The smallest absolute Gasteiger partial charge is 0.0943 e. The van der Waals surface area contributed by atoms with Gasteiger partial charge >= 0.3 is 0 Å². The van der Waals surface area contributed by atoms with Crippen LogP contribution in [-0.4, -0.2) is 5.66 Å². The lowest BCUT2D eigenvalue weighted by Gasteiger charge is -2.24. The molecule has 2 heteroatoms. The van der Waals surface area contributed by atoms with Crippen LogP contribution in [0.1, 0.15) is 39.0 Å². The molecule has 0 radical (unpaired) electrons. The molecule has 2 aliphatic rings. The van der Waals surface area contributed by atoms with Crippen LogP contribution in [0.3, 0.4) is 0 Å². The van der Waals surface area contributed by atoms with Crippen LogP contribution < -0.4 is 10.9 Å². The quantitative estimate of drug-likeness (QED) is 0.540. The monoisotopic (exact) mass is 140 g/mol. The van der Waals surface area contributed by atoms with Crippen molar-refractivity contribution in [3.05, 3.63) is 0 Å². The highest BCUT2D eigenvalue weighted by molar-refractivity contribution is 4.97. The maximum Gasteiger partial charge on any atom is 0.0943 e. The van der Waals surface area contributed by atoms with E-state index in [1.807, 2.05) is 0 Å². The van der Waals surface area contributed by atoms with Gasteiger partial charge in [0.15, 0.2) is 0 Å². The van der Waals surface area contributed by atoms with E-state index in [9.17, 15) is 0 Å². The molecule has 1 aliphatic carbocycles. The maximum atomic E-state index is 3.24. The third-order valence-electron chi connectivity index (χ3n) is 3.01. The van der Waals surface area contributed by atoms with Crippen LogP contribution in [0.15, 0.2) is 0 Å². The summed E-state index contributed by atoms with van der Waals surface area (Å²) in [4.78, 5) is 0. The van der Waals surface area contributed by atoms with Gasteiger partial charge in [-0.25, -0.2) is 10.9 Å². The molecule has 10 heavy (non-hydrogen) atoms. The summed E-state index contributed by atoms with van der Waals surface area (Å²) in [7, 11) is 0. The van der Waals surface area contributed by atoms with Crippen molar-refractivity contribution in [1.82, 2.24) is 10.9 Å². The maximum absolute atomic E-state index is 3.24. The van der Waals surface area contributed by atoms with Crippen LogP contribution in [0.5, 0.6) is 0 Å². The number of hydrogen-bond donors (Lipinski definition) is 2. The van der Waals surface area contributed by atoms with Gasteiger partial charge in [0.2, 0.25) is 0 Å². The summed E-state index contributed by atoms with van der Waals surface area (Å²) in [6.45, 7) is 2.30. The van der Waals surface area contributed by atoms with Crippen molar-refractivity contribution in [3.8, 4) is 0 Å². The Hall–Kier alpha value is -0.0800. The molecular weight excluding hydrogens is 124 g/mol. The Bertz CT molecular complexity index is 119. The first-order chi connectivity index (χ1) is 4.85. The molecule has 0 bridgehead atoms. The molecule has 2 N–H and O–H groups in total. The zero-order valence-electron chi connectivity index (χ0n) is 6.61. The molecule has 1 saturated carbocycles. The fourth-order valence-corrected chi connectivity index (χ4v) is 1.92. The van der Waals surface area contributed by atoms with E-state index < -0.39 is 0 Å². The number of nitrogens with one attached hydrogen (secondary N) is 2. The van der Waals surface area contributed by atoms with Crippen molar-refractivity contribution in [3.63, 3.8) is 0 Å². The van der Waals surface area contributed by atoms with Crippen LogP contribution in [0.4, 0.5) is 0 Å². The minimum absolute atomic E-state index is 0.408. The summed E-state index contributed by atoms with van der Waals surface area (Å²) in [6.07, 6.45) is 6.88. The van der Waals surface area contributed by atoms with Crippen molar-refractivity contribution in [2.75, 3.05) is 0 Å². The second-order valence-corrected chi connectivity index (χ2v) is 3.68. The van der Waals surface area contributed by atoms with E-state index in [2.05, 4.69) is 17.8 Å². The molecule has 0 unspecified atom stereocenters. The van der Waals surface area contributed by atoms with Crippen molar-refractivity contribution >= 4 is 0 Å². The van der Waals surface area contributed by atoms with Crippen LogP contribution >= 0.6 is 0 Å². The van der Waals surface area contributed by atoms with Crippen LogP contribution in [0.2, 0.25) is 0 Å². The Labute approximate surface area is 62.4 Å². The second-order valence-electron chi connectivity index (χ2n) is 3.68. The van der Waals surface area contributed by atoms with Gasteiger partial charge in [-0.1, -0.05) is 13.3 Å². The number of rotatable bonds is 1. The first-order valence-electron chi connectivity index (χ1n) is 4.39. The van der Waals surface area contributed by atoms with Crippen LogP contribution in [-0.2, 0) is 0 Å². The minimum atomic E-state index is 0.408. The Balaban J connectivity index is 1.84. The van der Waals surface area contributed by atoms with E-state index >= 15 is 0 Å². The van der Waals surface area contributed by atoms with Gasteiger partial charge < -0.3 is 0 Å². The fourth-order valence-electron chi connectivity index (χ4n) is 1.92. The average Bonchev–Trinajstić information content (AvgIpc) is 2.72. The van der Waals surface area contributed by atoms with Gasteiger partial charge in [0, 0.05) is 0 Å². The van der Waals surface area contributed by atoms with Crippen molar-refractivity contribution < 1.29 is 0 Å². The van der Waals surface area contributed by atoms with Crippen LogP contribution in [0.25, 0.3) is 0 Å². The molecule has 0 atom stereocenters. The zero-order valence-corrected chi connectivity index (χ0v) is 6.61. The van der Waals surface area contributed by atoms with Crippen molar-refractivity contribution in [1.29, 1.82) is 0 Å². The molecule has 2 fully saturated rings. The van der Waals surface area contributed by atoms with Gasteiger partial charge in [-0.05, 0) is 31.6 Å². The normalized spacial score (nSPS) is 30.9. The minimum Gasteiger partial charge on any atom is -0.235 e. The Morgan fingerprint density at radius 1 is 1.30 bits per heavy atom. The van der Waals surface area contributed by atoms with Crippen molar-refractivity contribution in [2.45, 2.75) is 44.7 Å². The summed E-state index contributed by atoms with van der Waals surface area (Å²) in [6, 6.07) is 0. The highest BCUT2D eigenvalue weighted by Gasteiger charge is 2.43. The zero-order chi connectivity index (χ0) is 7.03. The summed E-state index contributed by atoms with van der Waals surface area (Å²) in [5.74, 6) is 1.01. The van der Waals surface area contributed by atoms with Gasteiger partial charge in [-0.2, -0.15) is 0 Å².